The fraction of sp³-hybridized carbons (Fsp3) is 0.429. The lowest BCUT2D eigenvalue weighted by atomic mass is 9.89. The smallest absolute Gasteiger partial charge is 0.416 e. The first-order valence-corrected chi connectivity index (χ1v) is 12.5. The number of piperidine rings is 1. The molecule has 0 saturated carbocycles. The van der Waals surface area contributed by atoms with Gasteiger partial charge in [-0.05, 0) is 80.6 Å². The predicted molar refractivity (Wildman–Crippen MR) is 133 cm³/mol. The lowest BCUT2D eigenvalue weighted by Crippen LogP contribution is -2.46. The minimum absolute atomic E-state index is 0.0351. The normalized spacial score (nSPS) is 18.0. The number of hydrogen-bond acceptors (Lipinski definition) is 3. The Balaban J connectivity index is 1.98. The van der Waals surface area contributed by atoms with Gasteiger partial charge in [-0.15, -0.1) is 0 Å². The van der Waals surface area contributed by atoms with Gasteiger partial charge in [0.25, 0.3) is 0 Å². The third kappa shape index (κ3) is 7.14. The average molecular weight is 575 g/mol. The van der Waals surface area contributed by atoms with E-state index in [-0.39, 0.29) is 37.6 Å². The van der Waals surface area contributed by atoms with Crippen LogP contribution in [0.25, 0.3) is 0 Å². The maximum Gasteiger partial charge on any atom is 0.416 e. The zero-order valence-corrected chi connectivity index (χ0v) is 22.3. The van der Waals surface area contributed by atoms with Gasteiger partial charge in [0.15, 0.2) is 0 Å². The highest BCUT2D eigenvalue weighted by Crippen LogP contribution is 2.40. The summed E-state index contributed by atoms with van der Waals surface area (Å²) in [5.74, 6) is -1.05. The number of aryl methyl sites for hydroxylation is 1. The molecule has 5 nitrogen and oxygen atoms in total. The largest absolute Gasteiger partial charge is 0.463 e. The molecule has 40 heavy (non-hydrogen) atoms. The van der Waals surface area contributed by atoms with E-state index in [0.29, 0.717) is 28.8 Å². The minimum atomic E-state index is -5.03. The summed E-state index contributed by atoms with van der Waals surface area (Å²) < 4.78 is 99.3. The van der Waals surface area contributed by atoms with Crippen molar-refractivity contribution in [3.63, 3.8) is 0 Å². The second-order valence-electron chi connectivity index (χ2n) is 9.63. The predicted octanol–water partition coefficient (Wildman–Crippen LogP) is 7.61. The lowest BCUT2D eigenvalue weighted by Gasteiger charge is -2.41. The van der Waals surface area contributed by atoms with Crippen molar-refractivity contribution in [2.75, 3.05) is 20.2 Å². The molecule has 0 aromatic heterocycles. The summed E-state index contributed by atoms with van der Waals surface area (Å²) in [4.78, 5) is 28.2. The fourth-order valence-electron chi connectivity index (χ4n) is 4.69. The van der Waals surface area contributed by atoms with Crippen LogP contribution in [-0.2, 0) is 21.9 Å². The number of nitrogens with zero attached hydrogens (tertiary/aromatic N) is 2. The highest BCUT2D eigenvalue weighted by atomic mass is 19.4. The van der Waals surface area contributed by atoms with Crippen LogP contribution in [0.1, 0.15) is 66.6 Å². The number of likely N-dealkylation sites (tertiary alicyclic amines) is 1. The van der Waals surface area contributed by atoms with Gasteiger partial charge >= 0.3 is 24.4 Å². The van der Waals surface area contributed by atoms with Gasteiger partial charge in [-0.3, -0.25) is 0 Å². The average Bonchev–Trinajstić information content (AvgIpc) is 2.86. The molecule has 2 amide bonds. The molecule has 0 unspecified atom stereocenters. The Kier molecular flexibility index (Phi) is 9.21. The Morgan fingerprint density at radius 3 is 2.20 bits per heavy atom. The molecule has 2 aromatic carbocycles. The number of halogens is 7. The first kappa shape index (κ1) is 31.0. The van der Waals surface area contributed by atoms with Gasteiger partial charge < -0.3 is 14.5 Å². The third-order valence-electron chi connectivity index (χ3n) is 6.93. The molecular weight excluding hydrogens is 545 g/mol. The summed E-state index contributed by atoms with van der Waals surface area (Å²) in [5, 5.41) is 0. The van der Waals surface area contributed by atoms with Crippen LogP contribution in [-0.4, -0.2) is 42.0 Å². The zero-order chi connectivity index (χ0) is 30.0. The molecule has 12 heteroatoms. The summed E-state index contributed by atoms with van der Waals surface area (Å²) in [7, 11) is 1.29. The first-order valence-electron chi connectivity index (χ1n) is 12.5. The number of hydrogen-bond donors (Lipinski definition) is 0. The quantitative estimate of drug-likeness (QED) is 0.210. The van der Waals surface area contributed by atoms with Gasteiger partial charge in [0.1, 0.15) is 5.82 Å². The van der Waals surface area contributed by atoms with Crippen LogP contribution >= 0.6 is 0 Å². The second-order valence-corrected chi connectivity index (χ2v) is 9.63. The van der Waals surface area contributed by atoms with Crippen molar-refractivity contribution in [3.8, 4) is 0 Å². The van der Waals surface area contributed by atoms with E-state index < -0.39 is 53.4 Å². The molecule has 0 N–H and O–H groups in total. The Hall–Kier alpha value is -3.57. The van der Waals surface area contributed by atoms with Crippen molar-refractivity contribution < 1.29 is 45.1 Å². The van der Waals surface area contributed by atoms with Gasteiger partial charge in [0.2, 0.25) is 0 Å². The third-order valence-corrected chi connectivity index (χ3v) is 6.93. The van der Waals surface area contributed by atoms with E-state index in [1.54, 1.807) is 13.8 Å². The van der Waals surface area contributed by atoms with Crippen molar-refractivity contribution in [1.82, 2.24) is 9.80 Å². The SMILES string of the molecule is CCOC(=O)C=C1CCN(C(=O)N(C)[C@H](C)c2cc(C(F)(F)F)cc(C(F)(F)F)c2)[C@@H](c2ccc(F)cc2C)C1. The second kappa shape index (κ2) is 11.9. The van der Waals surface area contributed by atoms with Crippen molar-refractivity contribution in [2.45, 2.75) is 58.0 Å². The molecule has 218 valence electrons. The van der Waals surface area contributed by atoms with Gasteiger partial charge in [0.05, 0.1) is 29.8 Å². The topological polar surface area (TPSA) is 49.9 Å². The van der Waals surface area contributed by atoms with E-state index in [0.717, 1.165) is 4.90 Å². The van der Waals surface area contributed by atoms with Gasteiger partial charge in [-0.2, -0.15) is 26.3 Å². The summed E-state index contributed by atoms with van der Waals surface area (Å²) in [5.41, 5.74) is -1.49. The standard InChI is InChI=1S/C28H29F7N2O3/c1-5-40-25(38)12-18-8-9-37(24(11-18)23-7-6-22(29)10-16(23)2)26(39)36(4)17(3)19-13-20(27(30,31)32)15-21(14-19)28(33,34)35/h6-7,10,12-15,17,24H,5,8-9,11H2,1-4H3/t17-,24-/m1/s1. The molecular formula is C28H29F7N2O3. The molecule has 0 bridgehead atoms. The number of ether oxygens (including phenoxy) is 1. The highest BCUT2D eigenvalue weighted by Gasteiger charge is 2.39. The number of alkyl halides is 6. The van der Waals surface area contributed by atoms with Crippen LogP contribution in [0, 0.1) is 12.7 Å². The molecule has 0 radical (unpaired) electrons. The fourth-order valence-corrected chi connectivity index (χ4v) is 4.69. The molecule has 2 aromatic rings. The van der Waals surface area contributed by atoms with E-state index in [2.05, 4.69) is 0 Å². The molecule has 1 heterocycles. The van der Waals surface area contributed by atoms with Gasteiger partial charge in [-0.1, -0.05) is 11.6 Å². The van der Waals surface area contributed by atoms with Crippen LogP contribution < -0.4 is 0 Å². The number of carbonyl (C=O) groups excluding carboxylic acids is 2. The maximum atomic E-state index is 13.8. The molecule has 2 atom stereocenters. The first-order chi connectivity index (χ1) is 18.5. The van der Waals surface area contributed by atoms with Crippen LogP contribution in [0.4, 0.5) is 35.5 Å². The summed E-state index contributed by atoms with van der Waals surface area (Å²) in [6, 6.07) is 2.76. The van der Waals surface area contributed by atoms with Gasteiger partial charge in [-0.25, -0.2) is 14.0 Å². The van der Waals surface area contributed by atoms with Crippen molar-refractivity contribution in [3.05, 3.63) is 81.7 Å². The van der Waals surface area contributed by atoms with E-state index in [1.807, 2.05) is 0 Å². The highest BCUT2D eigenvalue weighted by molar-refractivity contribution is 5.83. The van der Waals surface area contributed by atoms with E-state index in [1.165, 1.54) is 43.1 Å². The minimum Gasteiger partial charge on any atom is -0.463 e. The van der Waals surface area contributed by atoms with Crippen molar-refractivity contribution >= 4 is 12.0 Å². The Morgan fingerprint density at radius 2 is 1.68 bits per heavy atom. The molecule has 1 saturated heterocycles. The van der Waals surface area contributed by atoms with Crippen molar-refractivity contribution in [2.24, 2.45) is 0 Å². The maximum absolute atomic E-state index is 13.8. The van der Waals surface area contributed by atoms with Gasteiger partial charge in [0, 0.05) is 19.7 Å². The van der Waals surface area contributed by atoms with Crippen LogP contribution in [0.5, 0.6) is 0 Å². The number of rotatable bonds is 5. The Bertz CT molecular complexity index is 1260. The van der Waals surface area contributed by atoms with E-state index in [9.17, 15) is 40.3 Å². The van der Waals surface area contributed by atoms with E-state index in [4.69, 9.17) is 4.74 Å². The molecule has 3 rings (SSSR count). The molecule has 1 fully saturated rings. The summed E-state index contributed by atoms with van der Waals surface area (Å²) >= 11 is 0. The Morgan fingerprint density at radius 1 is 1.07 bits per heavy atom. The van der Waals surface area contributed by atoms with Crippen LogP contribution in [0.15, 0.2) is 48.0 Å². The van der Waals surface area contributed by atoms with E-state index >= 15 is 0 Å². The molecule has 0 aliphatic carbocycles. The van der Waals surface area contributed by atoms with Crippen molar-refractivity contribution in [1.29, 1.82) is 0 Å². The van der Waals surface area contributed by atoms with Crippen LogP contribution in [0.3, 0.4) is 0 Å². The monoisotopic (exact) mass is 574 g/mol. The summed E-state index contributed by atoms with van der Waals surface area (Å²) in [6.07, 6.45) is -8.24. The molecule has 0 spiro atoms. The molecule has 1 aliphatic heterocycles. The Labute approximate surface area is 227 Å². The number of benzene rings is 2. The van der Waals surface area contributed by atoms with Crippen LogP contribution in [0.2, 0.25) is 0 Å². The summed E-state index contributed by atoms with van der Waals surface area (Å²) in [6.45, 7) is 4.90. The molecule has 1 aliphatic rings. The zero-order valence-electron chi connectivity index (χ0n) is 22.3. The number of carbonyl (C=O) groups is 2. The lowest BCUT2D eigenvalue weighted by molar-refractivity contribution is -0.143. The number of amides is 2. The number of urea groups is 1. The number of esters is 1.